The van der Waals surface area contributed by atoms with Crippen molar-refractivity contribution in [2.45, 2.75) is 20.3 Å². The first-order valence-electron chi connectivity index (χ1n) is 2.53. The summed E-state index contributed by atoms with van der Waals surface area (Å²) in [6, 6.07) is 0. The molecule has 2 heteroatoms. The third kappa shape index (κ3) is 3.53. The van der Waals surface area contributed by atoms with Gasteiger partial charge in [0.1, 0.15) is 5.83 Å². The summed E-state index contributed by atoms with van der Waals surface area (Å²) in [7, 11) is 0. The molecule has 8 heavy (non-hydrogen) atoms. The molecule has 0 N–H and O–H groups in total. The molecule has 0 spiro atoms. The second-order valence-corrected chi connectivity index (χ2v) is 1.56. The van der Waals surface area contributed by atoms with Crippen LogP contribution in [0.15, 0.2) is 11.9 Å². The highest BCUT2D eigenvalue weighted by atomic mass is 19.1. The van der Waals surface area contributed by atoms with Gasteiger partial charge in [-0.1, -0.05) is 6.92 Å². The highest BCUT2D eigenvalue weighted by Gasteiger charge is 1.89. The number of rotatable bonds is 2. The summed E-state index contributed by atoms with van der Waals surface area (Å²) >= 11 is 0. The second-order valence-electron chi connectivity index (χ2n) is 1.56. The molecule has 46 valence electrons. The van der Waals surface area contributed by atoms with Crippen molar-refractivity contribution in [3.05, 3.63) is 11.9 Å². The summed E-state index contributed by atoms with van der Waals surface area (Å²) in [6.45, 7) is 2.99. The lowest BCUT2D eigenvalue weighted by atomic mass is 10.3. The van der Waals surface area contributed by atoms with Gasteiger partial charge >= 0.3 is 0 Å². The predicted molar refractivity (Wildman–Crippen MR) is 30.2 cm³/mol. The Morgan fingerprint density at radius 1 is 1.75 bits per heavy atom. The van der Waals surface area contributed by atoms with Gasteiger partial charge in [-0.25, -0.2) is 4.39 Å². The maximum absolute atomic E-state index is 12.0. The van der Waals surface area contributed by atoms with Crippen molar-refractivity contribution in [3.8, 4) is 0 Å². The summed E-state index contributed by atoms with van der Waals surface area (Å²) in [5.41, 5.74) is 0. The molecule has 0 aliphatic carbocycles. The maximum Gasteiger partial charge on any atom is 0.155 e. The molecule has 0 aromatic rings. The fourth-order valence-corrected chi connectivity index (χ4v) is 0.323. The van der Waals surface area contributed by atoms with Crippen LogP contribution in [0.5, 0.6) is 0 Å². The Hall–Kier alpha value is -0.660. The Bertz CT molecular complexity index is 116. The third-order valence-electron chi connectivity index (χ3n) is 0.698. The topological polar surface area (TPSA) is 17.1 Å². The van der Waals surface area contributed by atoms with E-state index < -0.39 is 0 Å². The van der Waals surface area contributed by atoms with Crippen LogP contribution in [0.25, 0.3) is 0 Å². The van der Waals surface area contributed by atoms with Gasteiger partial charge in [0.25, 0.3) is 0 Å². The molecular formula is C6H9FO. The third-order valence-corrected chi connectivity index (χ3v) is 0.698. The highest BCUT2D eigenvalue weighted by molar-refractivity contribution is 5.87. The van der Waals surface area contributed by atoms with Crippen molar-refractivity contribution in [2.24, 2.45) is 0 Å². The molecular weight excluding hydrogens is 107 g/mol. The van der Waals surface area contributed by atoms with Crippen LogP contribution in [-0.4, -0.2) is 5.78 Å². The van der Waals surface area contributed by atoms with Gasteiger partial charge in [0.15, 0.2) is 5.78 Å². The summed E-state index contributed by atoms with van der Waals surface area (Å²) in [5, 5.41) is 0. The lowest BCUT2D eigenvalue weighted by molar-refractivity contribution is -0.112. The van der Waals surface area contributed by atoms with E-state index in [4.69, 9.17) is 0 Å². The average Bonchev–Trinajstić information content (AvgIpc) is 1.65. The molecule has 0 heterocycles. The molecule has 0 fully saturated rings. The Morgan fingerprint density at radius 2 is 2.25 bits per heavy atom. The van der Waals surface area contributed by atoms with Gasteiger partial charge in [0.05, 0.1) is 0 Å². The lowest BCUT2D eigenvalue weighted by Gasteiger charge is -1.83. The second kappa shape index (κ2) is 3.36. The molecule has 0 bridgehead atoms. The predicted octanol–water partition coefficient (Wildman–Crippen LogP) is 1.84. The Balaban J connectivity index is 3.75. The minimum absolute atomic E-state index is 0.232. The van der Waals surface area contributed by atoms with E-state index >= 15 is 0 Å². The number of carbonyl (C=O) groups is 1. The monoisotopic (exact) mass is 116 g/mol. The smallest absolute Gasteiger partial charge is 0.155 e. The van der Waals surface area contributed by atoms with E-state index in [1.165, 1.54) is 6.92 Å². The fraction of sp³-hybridized carbons (Fsp3) is 0.500. The van der Waals surface area contributed by atoms with Crippen molar-refractivity contribution < 1.29 is 9.18 Å². The van der Waals surface area contributed by atoms with Crippen LogP contribution in [0.4, 0.5) is 4.39 Å². The first kappa shape index (κ1) is 7.34. The van der Waals surface area contributed by atoms with Gasteiger partial charge in [-0.15, -0.1) is 0 Å². The zero-order chi connectivity index (χ0) is 6.57. The van der Waals surface area contributed by atoms with E-state index in [-0.39, 0.29) is 11.6 Å². The van der Waals surface area contributed by atoms with Crippen LogP contribution in [0, 0.1) is 0 Å². The molecule has 0 atom stereocenters. The van der Waals surface area contributed by atoms with Gasteiger partial charge in [-0.05, 0) is 13.3 Å². The quantitative estimate of drug-likeness (QED) is 0.503. The maximum atomic E-state index is 12.0. The minimum atomic E-state index is -0.350. The van der Waals surface area contributed by atoms with Crippen molar-refractivity contribution in [2.75, 3.05) is 0 Å². The van der Waals surface area contributed by atoms with Gasteiger partial charge < -0.3 is 0 Å². The fourth-order valence-electron chi connectivity index (χ4n) is 0.323. The van der Waals surface area contributed by atoms with Crippen molar-refractivity contribution in [1.82, 2.24) is 0 Å². The van der Waals surface area contributed by atoms with Gasteiger partial charge in [-0.3, -0.25) is 4.79 Å². The summed E-state index contributed by atoms with van der Waals surface area (Å²) in [6.07, 6.45) is 1.31. The Morgan fingerprint density at radius 3 is 2.38 bits per heavy atom. The number of hydrogen-bond donors (Lipinski definition) is 0. The largest absolute Gasteiger partial charge is 0.295 e. The SMILES string of the molecule is CC/C(F)=C\C(C)=O. The number of halogens is 1. The van der Waals surface area contributed by atoms with Crippen LogP contribution in [-0.2, 0) is 4.79 Å². The standard InChI is InChI=1S/C6H9FO/c1-3-6(7)4-5(2)8/h4H,3H2,1-2H3/b6-4+. The molecule has 0 radical (unpaired) electrons. The summed E-state index contributed by atoms with van der Waals surface area (Å²) in [5.74, 6) is -0.582. The molecule has 0 aromatic carbocycles. The molecule has 0 aliphatic rings. The minimum Gasteiger partial charge on any atom is -0.295 e. The zero-order valence-corrected chi connectivity index (χ0v) is 5.07. The number of hydrogen-bond acceptors (Lipinski definition) is 1. The first-order valence-corrected chi connectivity index (χ1v) is 2.53. The van der Waals surface area contributed by atoms with Crippen LogP contribution in [0.3, 0.4) is 0 Å². The number of carbonyl (C=O) groups excluding carboxylic acids is 1. The molecule has 0 saturated heterocycles. The Labute approximate surface area is 48.2 Å². The number of ketones is 1. The van der Waals surface area contributed by atoms with Crippen LogP contribution >= 0.6 is 0 Å². The van der Waals surface area contributed by atoms with Gasteiger partial charge in [0, 0.05) is 6.08 Å². The molecule has 1 nitrogen and oxygen atoms in total. The van der Waals surface area contributed by atoms with Gasteiger partial charge in [0.2, 0.25) is 0 Å². The Kier molecular flexibility index (Phi) is 3.08. The van der Waals surface area contributed by atoms with E-state index in [2.05, 4.69) is 0 Å². The zero-order valence-electron chi connectivity index (χ0n) is 5.07. The average molecular weight is 116 g/mol. The summed E-state index contributed by atoms with van der Waals surface area (Å²) < 4.78 is 12.0. The lowest BCUT2D eigenvalue weighted by Crippen LogP contribution is -1.82. The van der Waals surface area contributed by atoms with Crippen molar-refractivity contribution >= 4 is 5.78 Å². The molecule has 0 aromatic heterocycles. The van der Waals surface area contributed by atoms with Crippen LogP contribution < -0.4 is 0 Å². The van der Waals surface area contributed by atoms with E-state index in [0.29, 0.717) is 6.42 Å². The van der Waals surface area contributed by atoms with Crippen LogP contribution in [0.2, 0.25) is 0 Å². The molecule has 0 aliphatic heterocycles. The first-order chi connectivity index (χ1) is 3.66. The molecule has 0 amide bonds. The summed E-state index contributed by atoms with van der Waals surface area (Å²) in [4.78, 5) is 10.1. The van der Waals surface area contributed by atoms with E-state index in [0.717, 1.165) is 6.08 Å². The van der Waals surface area contributed by atoms with Crippen LogP contribution in [0.1, 0.15) is 20.3 Å². The van der Waals surface area contributed by atoms with Gasteiger partial charge in [-0.2, -0.15) is 0 Å². The highest BCUT2D eigenvalue weighted by Crippen LogP contribution is 1.99. The van der Waals surface area contributed by atoms with Crippen molar-refractivity contribution in [1.29, 1.82) is 0 Å². The van der Waals surface area contributed by atoms with E-state index in [9.17, 15) is 9.18 Å². The van der Waals surface area contributed by atoms with E-state index in [1.54, 1.807) is 6.92 Å². The normalized spacial score (nSPS) is 11.6. The molecule has 0 rings (SSSR count). The molecule has 0 saturated carbocycles. The number of allylic oxidation sites excluding steroid dienone is 2. The molecule has 0 unspecified atom stereocenters. The van der Waals surface area contributed by atoms with E-state index in [1.807, 2.05) is 0 Å². The van der Waals surface area contributed by atoms with Crippen molar-refractivity contribution in [3.63, 3.8) is 0 Å².